The van der Waals surface area contributed by atoms with Crippen LogP contribution in [0.3, 0.4) is 0 Å². The van der Waals surface area contributed by atoms with Crippen LogP contribution < -0.4 is 0 Å². The van der Waals surface area contributed by atoms with Crippen LogP contribution in [0.15, 0.2) is 30.5 Å². The molecule has 0 spiro atoms. The second-order valence-electron chi connectivity index (χ2n) is 4.18. The number of nitro groups is 1. The molecule has 0 N–H and O–H groups in total. The highest BCUT2D eigenvalue weighted by Crippen LogP contribution is 2.15. The fraction of sp³-hybridized carbons (Fsp3) is 0.154. The highest BCUT2D eigenvalue weighted by molar-refractivity contribution is 6.02. The Kier molecular flexibility index (Phi) is 4.07. The van der Waals surface area contributed by atoms with Crippen molar-refractivity contribution in [3.05, 3.63) is 51.7 Å². The molecule has 1 heterocycles. The van der Waals surface area contributed by atoms with Gasteiger partial charge in [-0.3, -0.25) is 19.7 Å². The van der Waals surface area contributed by atoms with Gasteiger partial charge in [-0.15, -0.1) is 5.06 Å². The standard InChI is InChI=1S/C13H10N2O6/c16-11-5-6-12(17)15(11)21-13(18)10-3-1-9(2-4-10)7-8-14(19)20/h1-4,7-8H,5-6H2. The third kappa shape index (κ3) is 3.50. The molecule has 1 saturated heterocycles. The molecule has 1 aliphatic rings. The van der Waals surface area contributed by atoms with E-state index in [4.69, 9.17) is 4.84 Å². The summed E-state index contributed by atoms with van der Waals surface area (Å²) >= 11 is 0. The maximum absolute atomic E-state index is 11.8. The first kappa shape index (κ1) is 14.4. The zero-order chi connectivity index (χ0) is 15.4. The van der Waals surface area contributed by atoms with Gasteiger partial charge in [-0.05, 0) is 17.7 Å². The molecular formula is C13H10N2O6. The predicted molar refractivity (Wildman–Crippen MR) is 69.0 cm³/mol. The molecule has 0 atom stereocenters. The Labute approximate surface area is 118 Å². The molecule has 1 aromatic carbocycles. The molecule has 0 radical (unpaired) electrons. The molecule has 8 heteroatoms. The summed E-state index contributed by atoms with van der Waals surface area (Å²) in [4.78, 5) is 48.7. The number of carbonyl (C=O) groups excluding carboxylic acids is 3. The summed E-state index contributed by atoms with van der Waals surface area (Å²) in [6.07, 6.45) is 2.09. The first-order valence-electron chi connectivity index (χ1n) is 5.97. The Balaban J connectivity index is 2.05. The van der Waals surface area contributed by atoms with Crippen molar-refractivity contribution in [3.63, 3.8) is 0 Å². The molecule has 8 nitrogen and oxygen atoms in total. The van der Waals surface area contributed by atoms with E-state index >= 15 is 0 Å². The van der Waals surface area contributed by atoms with E-state index in [1.54, 1.807) is 0 Å². The summed E-state index contributed by atoms with van der Waals surface area (Å²) in [6, 6.07) is 5.72. The molecule has 0 saturated carbocycles. The van der Waals surface area contributed by atoms with Gasteiger partial charge in [0.05, 0.1) is 10.5 Å². The van der Waals surface area contributed by atoms with Gasteiger partial charge >= 0.3 is 5.97 Å². The van der Waals surface area contributed by atoms with Gasteiger partial charge in [-0.1, -0.05) is 12.1 Å². The Bertz CT molecular complexity index is 619. The number of rotatable bonds is 4. The minimum Gasteiger partial charge on any atom is -0.325 e. The van der Waals surface area contributed by atoms with Crippen LogP contribution in [-0.4, -0.2) is 27.8 Å². The highest BCUT2D eigenvalue weighted by Gasteiger charge is 2.33. The van der Waals surface area contributed by atoms with Crippen molar-refractivity contribution in [2.75, 3.05) is 0 Å². The summed E-state index contributed by atoms with van der Waals surface area (Å²) < 4.78 is 0. The Morgan fingerprint density at radius 1 is 1.19 bits per heavy atom. The molecule has 2 rings (SSSR count). The maximum atomic E-state index is 11.8. The topological polar surface area (TPSA) is 107 Å². The number of hydrogen-bond acceptors (Lipinski definition) is 6. The Hall–Kier alpha value is -3.03. The smallest absolute Gasteiger partial charge is 0.325 e. The quantitative estimate of drug-likeness (QED) is 0.468. The molecule has 1 aliphatic heterocycles. The van der Waals surface area contributed by atoms with E-state index in [0.29, 0.717) is 10.6 Å². The van der Waals surface area contributed by atoms with Crippen molar-refractivity contribution < 1.29 is 24.1 Å². The number of imide groups is 1. The van der Waals surface area contributed by atoms with Crippen LogP contribution in [0.2, 0.25) is 0 Å². The Morgan fingerprint density at radius 3 is 2.29 bits per heavy atom. The van der Waals surface area contributed by atoms with Gasteiger partial charge in [-0.2, -0.15) is 0 Å². The minimum atomic E-state index is -0.844. The molecule has 1 aromatic rings. The molecule has 108 valence electrons. The van der Waals surface area contributed by atoms with Crippen LogP contribution in [0.5, 0.6) is 0 Å². The summed E-state index contributed by atoms with van der Waals surface area (Å²) in [5.41, 5.74) is 0.650. The number of nitrogens with zero attached hydrogens (tertiary/aromatic N) is 2. The fourth-order valence-corrected chi connectivity index (χ4v) is 1.67. The lowest BCUT2D eigenvalue weighted by Gasteiger charge is -2.12. The van der Waals surface area contributed by atoms with E-state index in [1.807, 2.05) is 0 Å². The van der Waals surface area contributed by atoms with Gasteiger partial charge in [0.25, 0.3) is 11.8 Å². The van der Waals surface area contributed by atoms with Crippen LogP contribution in [0, 0.1) is 10.1 Å². The van der Waals surface area contributed by atoms with E-state index in [1.165, 1.54) is 30.3 Å². The zero-order valence-corrected chi connectivity index (χ0v) is 10.7. The summed E-state index contributed by atoms with van der Waals surface area (Å²) in [5.74, 6) is -1.96. The normalized spacial score (nSPS) is 14.8. The monoisotopic (exact) mass is 290 g/mol. The van der Waals surface area contributed by atoms with Gasteiger partial charge < -0.3 is 4.84 Å². The summed E-state index contributed by atoms with van der Waals surface area (Å²) in [6.45, 7) is 0. The zero-order valence-electron chi connectivity index (χ0n) is 10.7. The van der Waals surface area contributed by atoms with Gasteiger partial charge in [0, 0.05) is 18.9 Å². The number of hydroxylamine groups is 2. The van der Waals surface area contributed by atoms with Crippen molar-refractivity contribution in [1.82, 2.24) is 5.06 Å². The molecule has 0 aromatic heterocycles. The highest BCUT2D eigenvalue weighted by atomic mass is 16.7. The Morgan fingerprint density at radius 2 is 1.76 bits per heavy atom. The van der Waals surface area contributed by atoms with Gasteiger partial charge in [0.15, 0.2) is 0 Å². The van der Waals surface area contributed by atoms with Crippen molar-refractivity contribution >= 4 is 23.9 Å². The first-order valence-corrected chi connectivity index (χ1v) is 5.97. The minimum absolute atomic E-state index is 0.0245. The lowest BCUT2D eigenvalue weighted by Crippen LogP contribution is -2.32. The first-order chi connectivity index (χ1) is 9.97. The molecule has 0 unspecified atom stereocenters. The molecule has 0 aliphatic carbocycles. The summed E-state index contributed by atoms with van der Waals surface area (Å²) in [5, 5.41) is 10.6. The summed E-state index contributed by atoms with van der Waals surface area (Å²) in [7, 11) is 0. The average molecular weight is 290 g/mol. The third-order valence-corrected chi connectivity index (χ3v) is 2.72. The van der Waals surface area contributed by atoms with Crippen LogP contribution in [0.25, 0.3) is 6.08 Å². The molecule has 21 heavy (non-hydrogen) atoms. The largest absolute Gasteiger partial charge is 0.363 e. The van der Waals surface area contributed by atoms with Gasteiger partial charge in [-0.25, -0.2) is 4.79 Å². The van der Waals surface area contributed by atoms with Gasteiger partial charge in [0.2, 0.25) is 6.20 Å². The maximum Gasteiger partial charge on any atom is 0.363 e. The van der Waals surface area contributed by atoms with Crippen LogP contribution in [-0.2, 0) is 14.4 Å². The van der Waals surface area contributed by atoms with E-state index < -0.39 is 22.7 Å². The number of amides is 2. The molecule has 2 amide bonds. The van der Waals surface area contributed by atoms with Crippen LogP contribution in [0.4, 0.5) is 0 Å². The lowest BCUT2D eigenvalue weighted by atomic mass is 10.1. The van der Waals surface area contributed by atoms with Crippen molar-refractivity contribution in [2.45, 2.75) is 12.8 Å². The SMILES string of the molecule is O=C(ON1C(=O)CCC1=O)c1ccc(C=C[N+](=O)[O-])cc1. The van der Waals surface area contributed by atoms with Crippen molar-refractivity contribution in [2.24, 2.45) is 0 Å². The number of hydrogen-bond donors (Lipinski definition) is 0. The number of benzene rings is 1. The predicted octanol–water partition coefficient (Wildman–Crippen LogP) is 1.15. The van der Waals surface area contributed by atoms with Crippen LogP contribution in [0.1, 0.15) is 28.8 Å². The second-order valence-corrected chi connectivity index (χ2v) is 4.18. The third-order valence-electron chi connectivity index (χ3n) is 2.72. The number of carbonyl (C=O) groups is 3. The van der Waals surface area contributed by atoms with E-state index in [2.05, 4.69) is 0 Å². The van der Waals surface area contributed by atoms with Crippen molar-refractivity contribution in [1.29, 1.82) is 0 Å². The van der Waals surface area contributed by atoms with E-state index in [-0.39, 0.29) is 18.4 Å². The molecule has 1 fully saturated rings. The second kappa shape index (κ2) is 5.95. The fourth-order valence-electron chi connectivity index (χ4n) is 1.67. The van der Waals surface area contributed by atoms with Crippen LogP contribution >= 0.6 is 0 Å². The van der Waals surface area contributed by atoms with Gasteiger partial charge in [0.1, 0.15) is 0 Å². The lowest BCUT2D eigenvalue weighted by molar-refractivity contribution is -0.400. The molecule has 0 bridgehead atoms. The van der Waals surface area contributed by atoms with E-state index in [0.717, 1.165) is 6.20 Å². The van der Waals surface area contributed by atoms with Crippen molar-refractivity contribution in [3.8, 4) is 0 Å². The molecular weight excluding hydrogens is 280 g/mol. The average Bonchev–Trinajstić information content (AvgIpc) is 2.77. The van der Waals surface area contributed by atoms with E-state index in [9.17, 15) is 24.5 Å².